The average molecular weight is 292 g/mol. The molecule has 2 aliphatic heterocycles. The lowest BCUT2D eigenvalue weighted by atomic mass is 9.95. The lowest BCUT2D eigenvalue weighted by Crippen LogP contribution is -2.41. The summed E-state index contributed by atoms with van der Waals surface area (Å²) in [5, 5.41) is 0. The Morgan fingerprint density at radius 2 is 2.05 bits per heavy atom. The fourth-order valence-corrected chi connectivity index (χ4v) is 2.72. The average Bonchev–Trinajstić information content (AvgIpc) is 2.90. The second-order valence-corrected chi connectivity index (χ2v) is 5.16. The molecular formula is C11H16O7S. The molecule has 5 unspecified atom stereocenters. The highest BCUT2D eigenvalue weighted by Gasteiger charge is 2.51. The zero-order chi connectivity index (χ0) is 14.0. The number of fused-ring (bicyclic) bond motifs is 2. The second kappa shape index (κ2) is 6.10. The van der Waals surface area contributed by atoms with Crippen molar-refractivity contribution >= 4 is 17.3 Å². The van der Waals surface area contributed by atoms with E-state index in [1.54, 1.807) is 0 Å². The third-order valence-electron chi connectivity index (χ3n) is 3.13. The number of hydrogen-bond acceptors (Lipinski definition) is 6. The fourth-order valence-electron chi connectivity index (χ4n) is 2.30. The number of ether oxygens (including phenoxy) is 3. The minimum Gasteiger partial charge on any atom is -0.435 e. The van der Waals surface area contributed by atoms with Gasteiger partial charge in [-0.1, -0.05) is 6.58 Å². The molecule has 0 aromatic carbocycles. The number of carbonyl (C=O) groups excluding carboxylic acids is 1. The first kappa shape index (κ1) is 14.6. The molecular weight excluding hydrogens is 276 g/mol. The molecule has 8 heteroatoms. The molecule has 2 bridgehead atoms. The van der Waals surface area contributed by atoms with E-state index in [1.165, 1.54) is 6.92 Å². The van der Waals surface area contributed by atoms with E-state index in [-0.39, 0.29) is 24.6 Å². The standard InChI is InChI=1S/C11H16O7S/c1-6(2)11(12)16-5-15-9-7-3-4-8(17-7)10(9)18-19(13)14/h7-10H,1,3-5H2,2H3,(H,13,14). The molecule has 2 heterocycles. The molecule has 0 amide bonds. The first-order valence-electron chi connectivity index (χ1n) is 5.86. The van der Waals surface area contributed by atoms with Crippen LogP contribution in [0.3, 0.4) is 0 Å². The van der Waals surface area contributed by atoms with Crippen molar-refractivity contribution in [3.63, 3.8) is 0 Å². The molecule has 108 valence electrons. The van der Waals surface area contributed by atoms with E-state index >= 15 is 0 Å². The van der Waals surface area contributed by atoms with Crippen LogP contribution in [0, 0.1) is 0 Å². The molecule has 2 fully saturated rings. The molecule has 0 spiro atoms. The van der Waals surface area contributed by atoms with Crippen LogP contribution in [0.1, 0.15) is 19.8 Å². The van der Waals surface area contributed by atoms with Crippen LogP contribution in [0.4, 0.5) is 0 Å². The van der Waals surface area contributed by atoms with Crippen LogP contribution in [0.15, 0.2) is 12.2 Å². The monoisotopic (exact) mass is 292 g/mol. The van der Waals surface area contributed by atoms with Gasteiger partial charge in [-0.3, -0.25) is 8.74 Å². The normalized spacial score (nSPS) is 34.2. The highest BCUT2D eigenvalue weighted by atomic mass is 32.2. The minimum atomic E-state index is -2.38. The van der Waals surface area contributed by atoms with Gasteiger partial charge in [-0.05, 0) is 19.8 Å². The van der Waals surface area contributed by atoms with Crippen molar-refractivity contribution in [1.82, 2.24) is 0 Å². The van der Waals surface area contributed by atoms with E-state index in [0.29, 0.717) is 0 Å². The van der Waals surface area contributed by atoms with Gasteiger partial charge in [-0.2, -0.15) is 4.21 Å². The molecule has 0 saturated carbocycles. The maximum absolute atomic E-state index is 11.2. The topological polar surface area (TPSA) is 91.3 Å². The van der Waals surface area contributed by atoms with Gasteiger partial charge in [0.1, 0.15) is 12.2 Å². The fraction of sp³-hybridized carbons (Fsp3) is 0.727. The largest absolute Gasteiger partial charge is 0.435 e. The Bertz CT molecular complexity index is 397. The van der Waals surface area contributed by atoms with Crippen LogP contribution in [0.5, 0.6) is 0 Å². The molecule has 0 aromatic heterocycles. The third-order valence-corrected chi connectivity index (χ3v) is 3.52. The van der Waals surface area contributed by atoms with E-state index < -0.39 is 29.5 Å². The van der Waals surface area contributed by atoms with Crippen LogP contribution in [0.25, 0.3) is 0 Å². The molecule has 5 atom stereocenters. The van der Waals surface area contributed by atoms with Gasteiger partial charge in [0.25, 0.3) is 0 Å². The van der Waals surface area contributed by atoms with Crippen molar-refractivity contribution in [1.29, 1.82) is 0 Å². The van der Waals surface area contributed by atoms with E-state index in [1.807, 2.05) is 0 Å². The molecule has 7 nitrogen and oxygen atoms in total. The Morgan fingerprint density at radius 1 is 1.42 bits per heavy atom. The smallest absolute Gasteiger partial charge is 0.335 e. The predicted octanol–water partition coefficient (Wildman–Crippen LogP) is 0.532. The summed E-state index contributed by atoms with van der Waals surface area (Å²) in [6.45, 7) is 4.71. The Kier molecular flexibility index (Phi) is 4.69. The lowest BCUT2D eigenvalue weighted by molar-refractivity contribution is -0.162. The predicted molar refractivity (Wildman–Crippen MR) is 64.2 cm³/mol. The summed E-state index contributed by atoms with van der Waals surface area (Å²) in [5.41, 5.74) is 0.275. The SMILES string of the molecule is C=C(C)C(=O)OCOC1C2CCC(O2)C1OS(=O)O. The molecule has 19 heavy (non-hydrogen) atoms. The van der Waals surface area contributed by atoms with Gasteiger partial charge >= 0.3 is 17.3 Å². The van der Waals surface area contributed by atoms with Gasteiger partial charge in [0.15, 0.2) is 6.79 Å². The molecule has 2 saturated heterocycles. The van der Waals surface area contributed by atoms with Crippen molar-refractivity contribution in [2.24, 2.45) is 0 Å². The van der Waals surface area contributed by atoms with Gasteiger partial charge in [-0.25, -0.2) is 4.79 Å². The lowest BCUT2D eigenvalue weighted by Gasteiger charge is -2.25. The highest BCUT2D eigenvalue weighted by molar-refractivity contribution is 7.74. The zero-order valence-corrected chi connectivity index (χ0v) is 11.3. The van der Waals surface area contributed by atoms with E-state index in [9.17, 15) is 9.00 Å². The van der Waals surface area contributed by atoms with E-state index in [2.05, 4.69) is 6.58 Å². The molecule has 0 radical (unpaired) electrons. The highest BCUT2D eigenvalue weighted by Crippen LogP contribution is 2.38. The first-order chi connectivity index (χ1) is 8.99. The van der Waals surface area contributed by atoms with Gasteiger partial charge in [0.05, 0.1) is 12.2 Å². The van der Waals surface area contributed by atoms with Gasteiger partial charge < -0.3 is 14.2 Å². The second-order valence-electron chi connectivity index (χ2n) is 4.53. The summed E-state index contributed by atoms with van der Waals surface area (Å²) in [7, 11) is 0. The van der Waals surface area contributed by atoms with Gasteiger partial charge in [-0.15, -0.1) is 0 Å². The van der Waals surface area contributed by atoms with Crippen molar-refractivity contribution in [3.05, 3.63) is 12.2 Å². The maximum Gasteiger partial charge on any atom is 0.335 e. The van der Waals surface area contributed by atoms with Crippen LogP contribution < -0.4 is 0 Å². The Balaban J connectivity index is 1.85. The zero-order valence-electron chi connectivity index (χ0n) is 10.4. The Hall–Kier alpha value is -0.800. The molecule has 0 aliphatic carbocycles. The van der Waals surface area contributed by atoms with Crippen molar-refractivity contribution in [2.75, 3.05) is 6.79 Å². The Labute approximate surface area is 113 Å². The maximum atomic E-state index is 11.2. The van der Waals surface area contributed by atoms with Crippen LogP contribution >= 0.6 is 0 Å². The number of hydrogen-bond donors (Lipinski definition) is 1. The van der Waals surface area contributed by atoms with Gasteiger partial charge in [0, 0.05) is 5.57 Å². The quantitative estimate of drug-likeness (QED) is 0.330. The van der Waals surface area contributed by atoms with Crippen LogP contribution in [-0.4, -0.2) is 45.9 Å². The summed E-state index contributed by atoms with van der Waals surface area (Å²) in [6, 6.07) is 0. The molecule has 1 N–H and O–H groups in total. The number of rotatable bonds is 6. The minimum absolute atomic E-state index is 0.193. The molecule has 2 aliphatic rings. The summed E-state index contributed by atoms with van der Waals surface area (Å²) in [5.74, 6) is -0.549. The summed E-state index contributed by atoms with van der Waals surface area (Å²) < 4.78 is 40.2. The summed E-state index contributed by atoms with van der Waals surface area (Å²) in [4.78, 5) is 11.2. The van der Waals surface area contributed by atoms with Crippen molar-refractivity contribution in [2.45, 2.75) is 44.2 Å². The van der Waals surface area contributed by atoms with E-state index in [0.717, 1.165) is 12.8 Å². The molecule has 2 rings (SSSR count). The molecule has 0 aromatic rings. The van der Waals surface area contributed by atoms with Gasteiger partial charge in [0.2, 0.25) is 0 Å². The number of esters is 1. The van der Waals surface area contributed by atoms with Crippen molar-refractivity contribution < 1.29 is 31.9 Å². The van der Waals surface area contributed by atoms with E-state index in [4.69, 9.17) is 22.9 Å². The third kappa shape index (κ3) is 3.40. The number of carbonyl (C=O) groups is 1. The van der Waals surface area contributed by atoms with Crippen molar-refractivity contribution in [3.8, 4) is 0 Å². The first-order valence-corrected chi connectivity index (χ1v) is 6.90. The Morgan fingerprint density at radius 3 is 2.63 bits per heavy atom. The van der Waals surface area contributed by atoms with Crippen LogP contribution in [0.2, 0.25) is 0 Å². The summed E-state index contributed by atoms with van der Waals surface area (Å²) in [6.07, 6.45) is -0.00878. The summed E-state index contributed by atoms with van der Waals surface area (Å²) >= 11 is -2.38. The van der Waals surface area contributed by atoms with Crippen LogP contribution in [-0.2, 0) is 34.5 Å².